The summed E-state index contributed by atoms with van der Waals surface area (Å²) in [5.41, 5.74) is 3.45. The Hall–Kier alpha value is -0.900. The minimum absolute atomic E-state index is 0.245. The number of morpholine rings is 1. The quantitative estimate of drug-likeness (QED) is 0.909. The normalized spacial score (nSPS) is 26.4. The predicted octanol–water partition coefficient (Wildman–Crippen LogP) is 2.45. The molecule has 0 aliphatic carbocycles. The highest BCUT2D eigenvalue weighted by atomic mass is 16.5. The van der Waals surface area contributed by atoms with Gasteiger partial charge in [-0.1, -0.05) is 23.8 Å². The molecule has 1 heterocycles. The van der Waals surface area contributed by atoms with Crippen LogP contribution >= 0.6 is 0 Å². The summed E-state index contributed by atoms with van der Waals surface area (Å²) in [6, 6.07) is 6.24. The molecule has 0 spiro atoms. The van der Waals surface area contributed by atoms with Crippen LogP contribution in [0.15, 0.2) is 18.2 Å². The van der Waals surface area contributed by atoms with Crippen molar-refractivity contribution < 1.29 is 9.84 Å². The molecule has 106 valence electrons. The lowest BCUT2D eigenvalue weighted by atomic mass is 10.0. The maximum absolute atomic E-state index is 10.4. The van der Waals surface area contributed by atoms with Crippen molar-refractivity contribution in [2.24, 2.45) is 0 Å². The zero-order valence-corrected chi connectivity index (χ0v) is 12.4. The van der Waals surface area contributed by atoms with E-state index in [1.165, 1.54) is 11.1 Å². The first-order valence-corrected chi connectivity index (χ1v) is 7.08. The first-order valence-electron chi connectivity index (χ1n) is 7.08. The lowest BCUT2D eigenvalue weighted by Crippen LogP contribution is -2.46. The van der Waals surface area contributed by atoms with Crippen LogP contribution in [0.4, 0.5) is 0 Å². The number of aliphatic hydroxyl groups excluding tert-OH is 1. The molecular formula is C16H25NO2. The Morgan fingerprint density at radius 1 is 1.26 bits per heavy atom. The summed E-state index contributed by atoms with van der Waals surface area (Å²) in [7, 11) is 0. The van der Waals surface area contributed by atoms with E-state index in [0.717, 1.165) is 18.7 Å². The van der Waals surface area contributed by atoms with Gasteiger partial charge in [0, 0.05) is 19.6 Å². The second kappa shape index (κ2) is 6.04. The Morgan fingerprint density at radius 3 is 2.47 bits per heavy atom. The summed E-state index contributed by atoms with van der Waals surface area (Å²) in [6.07, 6.45) is 0.0724. The van der Waals surface area contributed by atoms with E-state index in [1.807, 2.05) is 6.07 Å². The largest absolute Gasteiger partial charge is 0.387 e. The second-order valence-corrected chi connectivity index (χ2v) is 5.85. The number of ether oxygens (including phenoxy) is 1. The van der Waals surface area contributed by atoms with Gasteiger partial charge in [-0.15, -0.1) is 0 Å². The van der Waals surface area contributed by atoms with Gasteiger partial charge in [-0.2, -0.15) is 0 Å². The van der Waals surface area contributed by atoms with E-state index >= 15 is 0 Å². The fourth-order valence-corrected chi connectivity index (χ4v) is 2.98. The van der Waals surface area contributed by atoms with Crippen LogP contribution in [0.5, 0.6) is 0 Å². The third-order valence-corrected chi connectivity index (χ3v) is 3.71. The number of benzene rings is 1. The molecular weight excluding hydrogens is 238 g/mol. The standard InChI is InChI=1S/C16H25NO2/c1-11-5-6-15(12(2)7-11)16(18)10-17-8-13(3)19-14(4)9-17/h5-7,13-14,16,18H,8-10H2,1-4H3. The molecule has 1 aliphatic heterocycles. The molecule has 0 radical (unpaired) electrons. The van der Waals surface area contributed by atoms with E-state index in [0.29, 0.717) is 6.54 Å². The van der Waals surface area contributed by atoms with Gasteiger partial charge in [0.1, 0.15) is 0 Å². The fourth-order valence-electron chi connectivity index (χ4n) is 2.98. The van der Waals surface area contributed by atoms with Crippen LogP contribution in [0.3, 0.4) is 0 Å². The molecule has 1 aromatic rings. The van der Waals surface area contributed by atoms with Gasteiger partial charge in [0.25, 0.3) is 0 Å². The van der Waals surface area contributed by atoms with Crippen LogP contribution < -0.4 is 0 Å². The smallest absolute Gasteiger partial charge is 0.0919 e. The van der Waals surface area contributed by atoms with Gasteiger partial charge < -0.3 is 9.84 Å². The number of hydrogen-bond acceptors (Lipinski definition) is 3. The summed E-state index contributed by atoms with van der Waals surface area (Å²) in [4.78, 5) is 2.29. The van der Waals surface area contributed by atoms with Crippen LogP contribution in [0.1, 0.15) is 36.6 Å². The molecule has 3 heteroatoms. The predicted molar refractivity (Wildman–Crippen MR) is 77.3 cm³/mol. The van der Waals surface area contributed by atoms with E-state index in [-0.39, 0.29) is 12.2 Å². The third-order valence-electron chi connectivity index (χ3n) is 3.71. The van der Waals surface area contributed by atoms with Crippen molar-refractivity contribution in [1.29, 1.82) is 0 Å². The van der Waals surface area contributed by atoms with Gasteiger partial charge in [0.05, 0.1) is 18.3 Å². The number of aryl methyl sites for hydroxylation is 2. The molecule has 2 rings (SSSR count). The molecule has 1 aromatic carbocycles. The van der Waals surface area contributed by atoms with Crippen molar-refractivity contribution in [2.45, 2.75) is 46.0 Å². The number of aliphatic hydroxyl groups is 1. The summed E-state index contributed by atoms with van der Waals surface area (Å²) in [6.45, 7) is 10.8. The van der Waals surface area contributed by atoms with Crippen molar-refractivity contribution in [2.75, 3.05) is 19.6 Å². The number of nitrogens with zero attached hydrogens (tertiary/aromatic N) is 1. The molecule has 1 aliphatic rings. The van der Waals surface area contributed by atoms with Crippen molar-refractivity contribution in [3.05, 3.63) is 34.9 Å². The zero-order chi connectivity index (χ0) is 14.0. The Kier molecular flexibility index (Phi) is 4.61. The Labute approximate surface area is 116 Å². The van der Waals surface area contributed by atoms with E-state index in [4.69, 9.17) is 4.74 Å². The maximum atomic E-state index is 10.4. The maximum Gasteiger partial charge on any atom is 0.0919 e. The van der Waals surface area contributed by atoms with Gasteiger partial charge in [-0.05, 0) is 38.8 Å². The van der Waals surface area contributed by atoms with Crippen LogP contribution in [0, 0.1) is 13.8 Å². The first kappa shape index (κ1) is 14.5. The Balaban J connectivity index is 2.02. The van der Waals surface area contributed by atoms with E-state index in [2.05, 4.69) is 44.7 Å². The molecule has 0 saturated carbocycles. The minimum Gasteiger partial charge on any atom is -0.387 e. The fraction of sp³-hybridized carbons (Fsp3) is 0.625. The molecule has 1 saturated heterocycles. The molecule has 3 unspecified atom stereocenters. The number of hydrogen-bond donors (Lipinski definition) is 1. The Morgan fingerprint density at radius 2 is 1.89 bits per heavy atom. The van der Waals surface area contributed by atoms with Crippen LogP contribution in [-0.4, -0.2) is 41.8 Å². The Bertz CT molecular complexity index is 423. The summed E-state index contributed by atoms with van der Waals surface area (Å²) < 4.78 is 5.72. The van der Waals surface area contributed by atoms with E-state index < -0.39 is 6.10 Å². The zero-order valence-electron chi connectivity index (χ0n) is 12.4. The third kappa shape index (κ3) is 3.78. The van der Waals surface area contributed by atoms with Crippen LogP contribution in [0.25, 0.3) is 0 Å². The number of rotatable bonds is 3. The van der Waals surface area contributed by atoms with Gasteiger partial charge in [0.15, 0.2) is 0 Å². The SMILES string of the molecule is Cc1ccc(C(O)CN2CC(C)OC(C)C2)c(C)c1. The van der Waals surface area contributed by atoms with E-state index in [9.17, 15) is 5.11 Å². The minimum atomic E-state index is -0.418. The van der Waals surface area contributed by atoms with E-state index in [1.54, 1.807) is 0 Å². The summed E-state index contributed by atoms with van der Waals surface area (Å²) in [5.74, 6) is 0. The average molecular weight is 263 g/mol. The summed E-state index contributed by atoms with van der Waals surface area (Å²) >= 11 is 0. The highest BCUT2D eigenvalue weighted by Crippen LogP contribution is 2.21. The van der Waals surface area contributed by atoms with Crippen molar-refractivity contribution in [3.63, 3.8) is 0 Å². The molecule has 0 amide bonds. The van der Waals surface area contributed by atoms with Gasteiger partial charge in [0.2, 0.25) is 0 Å². The molecule has 0 aromatic heterocycles. The van der Waals surface area contributed by atoms with Crippen LogP contribution in [-0.2, 0) is 4.74 Å². The highest BCUT2D eigenvalue weighted by Gasteiger charge is 2.24. The number of β-amino-alcohol motifs (C(OH)–C–C–N with tert-alkyl or cyclic N) is 1. The monoisotopic (exact) mass is 263 g/mol. The molecule has 3 atom stereocenters. The lowest BCUT2D eigenvalue weighted by molar-refractivity contribution is -0.0767. The molecule has 1 N–H and O–H groups in total. The first-order chi connectivity index (χ1) is 8.95. The van der Waals surface area contributed by atoms with Crippen LogP contribution in [0.2, 0.25) is 0 Å². The molecule has 19 heavy (non-hydrogen) atoms. The van der Waals surface area contributed by atoms with Gasteiger partial charge in [-0.25, -0.2) is 0 Å². The summed E-state index contributed by atoms with van der Waals surface area (Å²) in [5, 5.41) is 10.4. The topological polar surface area (TPSA) is 32.7 Å². The average Bonchev–Trinajstić information content (AvgIpc) is 2.26. The lowest BCUT2D eigenvalue weighted by Gasteiger charge is -2.36. The van der Waals surface area contributed by atoms with Crippen molar-refractivity contribution in [3.8, 4) is 0 Å². The van der Waals surface area contributed by atoms with Gasteiger partial charge in [-0.3, -0.25) is 4.90 Å². The molecule has 1 fully saturated rings. The van der Waals surface area contributed by atoms with Crippen molar-refractivity contribution >= 4 is 0 Å². The highest BCUT2D eigenvalue weighted by molar-refractivity contribution is 5.32. The molecule has 0 bridgehead atoms. The van der Waals surface area contributed by atoms with Crippen molar-refractivity contribution in [1.82, 2.24) is 4.90 Å². The molecule has 3 nitrogen and oxygen atoms in total. The van der Waals surface area contributed by atoms with Gasteiger partial charge >= 0.3 is 0 Å². The second-order valence-electron chi connectivity index (χ2n) is 5.85.